The summed E-state index contributed by atoms with van der Waals surface area (Å²) in [5.74, 6) is 0.547. The number of aromatic nitrogens is 2. The Morgan fingerprint density at radius 1 is 1.20 bits per heavy atom. The molecule has 0 fully saturated rings. The van der Waals surface area contributed by atoms with Gasteiger partial charge in [0.15, 0.2) is 0 Å². The second kappa shape index (κ2) is 4.72. The lowest BCUT2D eigenvalue weighted by atomic mass is 10.1. The van der Waals surface area contributed by atoms with Gasteiger partial charge in [-0.1, -0.05) is 18.2 Å². The minimum atomic E-state index is -0.211. The van der Waals surface area contributed by atoms with Crippen LogP contribution in [0, 0.1) is 12.7 Å². The Kier molecular flexibility index (Phi) is 3.03. The lowest BCUT2D eigenvalue weighted by Crippen LogP contribution is -1.96. The summed E-state index contributed by atoms with van der Waals surface area (Å²) in [6, 6.07) is 11.2. The van der Waals surface area contributed by atoms with E-state index in [4.69, 9.17) is 5.73 Å². The van der Waals surface area contributed by atoms with Gasteiger partial charge in [0.2, 0.25) is 0 Å². The van der Waals surface area contributed by atoms with Gasteiger partial charge in [-0.15, -0.1) is 0 Å². The van der Waals surface area contributed by atoms with Crippen molar-refractivity contribution in [3.8, 4) is 11.4 Å². The zero-order valence-corrected chi connectivity index (χ0v) is 11.5. The van der Waals surface area contributed by atoms with Gasteiger partial charge in [-0.3, -0.25) is 0 Å². The average molecular weight is 269 g/mol. The SMILES string of the molecule is Cc1ccc(-c2nc3cc(CN)ccc3n2C)cc1F. The van der Waals surface area contributed by atoms with Crippen molar-refractivity contribution in [2.75, 3.05) is 0 Å². The summed E-state index contributed by atoms with van der Waals surface area (Å²) in [5, 5.41) is 0. The molecule has 2 aromatic carbocycles. The van der Waals surface area contributed by atoms with Crippen LogP contribution in [0.25, 0.3) is 22.4 Å². The minimum Gasteiger partial charge on any atom is -0.327 e. The molecule has 0 aliphatic rings. The van der Waals surface area contributed by atoms with E-state index in [9.17, 15) is 4.39 Å². The first-order chi connectivity index (χ1) is 9.60. The summed E-state index contributed by atoms with van der Waals surface area (Å²) in [4.78, 5) is 4.60. The predicted molar refractivity (Wildman–Crippen MR) is 78.7 cm³/mol. The number of hydrogen-bond donors (Lipinski definition) is 1. The van der Waals surface area contributed by atoms with Crippen molar-refractivity contribution in [2.24, 2.45) is 12.8 Å². The smallest absolute Gasteiger partial charge is 0.140 e. The lowest BCUT2D eigenvalue weighted by molar-refractivity contribution is 0.619. The van der Waals surface area contributed by atoms with Crippen LogP contribution in [-0.2, 0) is 13.6 Å². The maximum Gasteiger partial charge on any atom is 0.140 e. The Bertz CT molecular complexity index is 790. The van der Waals surface area contributed by atoms with E-state index < -0.39 is 0 Å². The second-order valence-electron chi connectivity index (χ2n) is 4.99. The molecule has 0 radical (unpaired) electrons. The largest absolute Gasteiger partial charge is 0.327 e. The number of nitrogens with zero attached hydrogens (tertiary/aromatic N) is 2. The maximum atomic E-state index is 13.7. The first kappa shape index (κ1) is 12.8. The van der Waals surface area contributed by atoms with Crippen molar-refractivity contribution in [3.05, 3.63) is 53.3 Å². The molecule has 1 aromatic heterocycles. The van der Waals surface area contributed by atoms with Crippen LogP contribution in [0.5, 0.6) is 0 Å². The van der Waals surface area contributed by atoms with E-state index in [1.165, 1.54) is 6.07 Å². The quantitative estimate of drug-likeness (QED) is 0.776. The van der Waals surface area contributed by atoms with Gasteiger partial charge in [0.25, 0.3) is 0 Å². The van der Waals surface area contributed by atoms with Gasteiger partial charge in [-0.25, -0.2) is 9.37 Å². The Morgan fingerprint density at radius 3 is 2.70 bits per heavy atom. The van der Waals surface area contributed by atoms with Gasteiger partial charge < -0.3 is 10.3 Å². The molecule has 3 nitrogen and oxygen atoms in total. The molecule has 2 N–H and O–H groups in total. The van der Waals surface area contributed by atoms with Crippen LogP contribution in [-0.4, -0.2) is 9.55 Å². The monoisotopic (exact) mass is 269 g/mol. The van der Waals surface area contributed by atoms with Crippen LogP contribution in [0.15, 0.2) is 36.4 Å². The highest BCUT2D eigenvalue weighted by Gasteiger charge is 2.11. The van der Waals surface area contributed by atoms with E-state index >= 15 is 0 Å². The summed E-state index contributed by atoms with van der Waals surface area (Å²) < 4.78 is 15.7. The average Bonchev–Trinajstić information content (AvgIpc) is 2.78. The van der Waals surface area contributed by atoms with Gasteiger partial charge in [0.1, 0.15) is 11.6 Å². The van der Waals surface area contributed by atoms with Crippen LogP contribution >= 0.6 is 0 Å². The number of rotatable bonds is 2. The third-order valence-electron chi connectivity index (χ3n) is 3.61. The Labute approximate surface area is 116 Å². The van der Waals surface area contributed by atoms with E-state index in [1.54, 1.807) is 13.0 Å². The Hall–Kier alpha value is -2.20. The van der Waals surface area contributed by atoms with Crippen molar-refractivity contribution in [3.63, 3.8) is 0 Å². The van der Waals surface area contributed by atoms with E-state index in [-0.39, 0.29) is 5.82 Å². The fraction of sp³-hybridized carbons (Fsp3) is 0.188. The third kappa shape index (κ3) is 1.98. The molecule has 3 aromatic rings. The molecule has 0 aliphatic heterocycles. The zero-order valence-electron chi connectivity index (χ0n) is 11.5. The number of fused-ring (bicyclic) bond motifs is 1. The van der Waals surface area contributed by atoms with Crippen LogP contribution < -0.4 is 5.73 Å². The van der Waals surface area contributed by atoms with Crippen molar-refractivity contribution < 1.29 is 4.39 Å². The molecular weight excluding hydrogens is 253 g/mol. The minimum absolute atomic E-state index is 0.211. The van der Waals surface area contributed by atoms with E-state index in [2.05, 4.69) is 4.98 Å². The first-order valence-corrected chi connectivity index (χ1v) is 6.52. The van der Waals surface area contributed by atoms with Gasteiger partial charge in [-0.05, 0) is 36.2 Å². The normalized spacial score (nSPS) is 11.2. The van der Waals surface area contributed by atoms with Crippen molar-refractivity contribution in [1.82, 2.24) is 9.55 Å². The fourth-order valence-corrected chi connectivity index (χ4v) is 2.36. The van der Waals surface area contributed by atoms with Crippen LogP contribution in [0.1, 0.15) is 11.1 Å². The summed E-state index contributed by atoms with van der Waals surface area (Å²) in [7, 11) is 1.94. The van der Waals surface area contributed by atoms with Crippen molar-refractivity contribution in [2.45, 2.75) is 13.5 Å². The van der Waals surface area contributed by atoms with Gasteiger partial charge in [0, 0.05) is 19.2 Å². The molecule has 0 aliphatic carbocycles. The molecule has 0 amide bonds. The first-order valence-electron chi connectivity index (χ1n) is 6.52. The number of nitrogens with two attached hydrogens (primary N) is 1. The molecule has 0 saturated carbocycles. The standard InChI is InChI=1S/C16H16FN3/c1-10-3-5-12(8-13(10)17)16-19-14-7-11(9-18)4-6-15(14)20(16)2/h3-8H,9,18H2,1-2H3. The summed E-state index contributed by atoms with van der Waals surface area (Å²) in [6.07, 6.45) is 0. The van der Waals surface area contributed by atoms with E-state index in [0.717, 1.165) is 28.0 Å². The summed E-state index contributed by atoms with van der Waals surface area (Å²) in [6.45, 7) is 2.24. The summed E-state index contributed by atoms with van der Waals surface area (Å²) >= 11 is 0. The topological polar surface area (TPSA) is 43.8 Å². The predicted octanol–water partition coefficient (Wildman–Crippen LogP) is 3.15. The number of imidazole rings is 1. The van der Waals surface area contributed by atoms with E-state index in [0.29, 0.717) is 12.1 Å². The highest BCUT2D eigenvalue weighted by Crippen LogP contribution is 2.25. The summed E-state index contributed by atoms with van der Waals surface area (Å²) in [5.41, 5.74) is 10.00. The van der Waals surface area contributed by atoms with Gasteiger partial charge >= 0.3 is 0 Å². The van der Waals surface area contributed by atoms with Crippen LogP contribution in [0.4, 0.5) is 4.39 Å². The number of hydrogen-bond acceptors (Lipinski definition) is 2. The molecule has 102 valence electrons. The molecule has 20 heavy (non-hydrogen) atoms. The molecule has 4 heteroatoms. The maximum absolute atomic E-state index is 13.7. The highest BCUT2D eigenvalue weighted by molar-refractivity contribution is 5.81. The second-order valence-corrected chi connectivity index (χ2v) is 4.99. The molecule has 1 heterocycles. The Morgan fingerprint density at radius 2 is 2.00 bits per heavy atom. The van der Waals surface area contributed by atoms with Gasteiger partial charge in [-0.2, -0.15) is 0 Å². The van der Waals surface area contributed by atoms with Crippen LogP contribution in [0.2, 0.25) is 0 Å². The molecular formula is C16H16FN3. The number of aryl methyl sites for hydroxylation is 2. The number of halogens is 1. The van der Waals surface area contributed by atoms with Crippen molar-refractivity contribution >= 4 is 11.0 Å². The molecule has 0 atom stereocenters. The highest BCUT2D eigenvalue weighted by atomic mass is 19.1. The fourth-order valence-electron chi connectivity index (χ4n) is 2.36. The molecule has 0 bridgehead atoms. The lowest BCUT2D eigenvalue weighted by Gasteiger charge is -2.04. The molecule has 0 unspecified atom stereocenters. The Balaban J connectivity index is 2.20. The van der Waals surface area contributed by atoms with Gasteiger partial charge in [0.05, 0.1) is 11.0 Å². The molecule has 3 rings (SSSR count). The molecule has 0 saturated heterocycles. The number of benzene rings is 2. The van der Waals surface area contributed by atoms with Crippen molar-refractivity contribution in [1.29, 1.82) is 0 Å². The van der Waals surface area contributed by atoms with Crippen LogP contribution in [0.3, 0.4) is 0 Å². The zero-order chi connectivity index (χ0) is 14.3. The molecule has 0 spiro atoms. The van der Waals surface area contributed by atoms with E-state index in [1.807, 2.05) is 35.9 Å². The third-order valence-corrected chi connectivity index (χ3v) is 3.61.